The summed E-state index contributed by atoms with van der Waals surface area (Å²) in [5, 5.41) is 21.8. The maximum Gasteiger partial charge on any atom is 0.0655 e. The van der Waals surface area contributed by atoms with Crippen molar-refractivity contribution in [2.45, 2.75) is 134 Å². The molecule has 6 atom stereocenters. The Morgan fingerprint density at radius 3 is 1.44 bits per heavy atom. The lowest BCUT2D eigenvalue weighted by Gasteiger charge is -2.50. The third kappa shape index (κ3) is 5.53. The highest BCUT2D eigenvalue weighted by Crippen LogP contribution is 2.43. The van der Waals surface area contributed by atoms with Gasteiger partial charge in [0.15, 0.2) is 0 Å². The van der Waals surface area contributed by atoms with Gasteiger partial charge in [-0.2, -0.15) is 5.26 Å². The van der Waals surface area contributed by atoms with Crippen molar-refractivity contribution in [1.82, 2.24) is 16.0 Å². The van der Waals surface area contributed by atoms with E-state index in [2.05, 4.69) is 22.0 Å². The lowest BCUT2D eigenvalue weighted by molar-refractivity contribution is 0.0432. The van der Waals surface area contributed by atoms with E-state index in [1.807, 2.05) is 0 Å². The van der Waals surface area contributed by atoms with E-state index in [-0.39, 0.29) is 0 Å². The fourth-order valence-electron chi connectivity index (χ4n) is 8.25. The molecule has 5 rings (SSSR count). The first-order valence-corrected chi connectivity index (χ1v) is 14.5. The van der Waals surface area contributed by atoms with Crippen LogP contribution in [-0.2, 0) is 0 Å². The Kier molecular flexibility index (Phi) is 8.09. The molecule has 1 heterocycles. The number of nitrogens with zero attached hydrogens (tertiary/aromatic N) is 1. The summed E-state index contributed by atoms with van der Waals surface area (Å²) in [4.78, 5) is 0. The van der Waals surface area contributed by atoms with E-state index in [0.29, 0.717) is 24.4 Å². The highest BCUT2D eigenvalue weighted by Gasteiger charge is 2.41. The number of hydrogen-bond acceptors (Lipinski definition) is 4. The van der Waals surface area contributed by atoms with Gasteiger partial charge < -0.3 is 0 Å². The Morgan fingerprint density at radius 2 is 0.875 bits per heavy atom. The molecule has 180 valence electrons. The SMILES string of the molecule is N#CC1CCCC(C2CCCC(C3NC(C4CCCCC4)NC(C4CCCCC4)N3)C2)C1. The largest absolute Gasteiger partial charge is 0.286 e. The van der Waals surface area contributed by atoms with Crippen molar-refractivity contribution in [3.05, 3.63) is 0 Å². The third-order valence-electron chi connectivity index (χ3n) is 10.1. The Hall–Kier alpha value is -0.630. The van der Waals surface area contributed by atoms with Crippen LogP contribution in [0.15, 0.2) is 0 Å². The molecule has 0 aromatic rings. The Balaban J connectivity index is 1.26. The minimum absolute atomic E-state index is 0.329. The first-order chi connectivity index (χ1) is 15.8. The summed E-state index contributed by atoms with van der Waals surface area (Å²) in [5.41, 5.74) is 0. The first-order valence-electron chi connectivity index (χ1n) is 14.5. The number of nitriles is 1. The van der Waals surface area contributed by atoms with Gasteiger partial charge in [-0.15, -0.1) is 0 Å². The average molecular weight is 441 g/mol. The molecule has 1 saturated heterocycles. The molecule has 5 aliphatic rings. The van der Waals surface area contributed by atoms with Gasteiger partial charge in [-0.25, -0.2) is 0 Å². The zero-order valence-electron chi connectivity index (χ0n) is 20.4. The summed E-state index contributed by atoms with van der Waals surface area (Å²) < 4.78 is 0. The van der Waals surface area contributed by atoms with E-state index in [4.69, 9.17) is 0 Å². The maximum atomic E-state index is 9.49. The summed E-state index contributed by atoms with van der Waals surface area (Å²) in [6.45, 7) is 0. The highest BCUT2D eigenvalue weighted by molar-refractivity contribution is 4.96. The summed E-state index contributed by atoms with van der Waals surface area (Å²) >= 11 is 0. The van der Waals surface area contributed by atoms with Crippen LogP contribution >= 0.6 is 0 Å². The molecular weight excluding hydrogens is 392 g/mol. The van der Waals surface area contributed by atoms with Crippen molar-refractivity contribution >= 4 is 0 Å². The van der Waals surface area contributed by atoms with Gasteiger partial charge in [0.25, 0.3) is 0 Å². The van der Waals surface area contributed by atoms with Crippen LogP contribution in [0.25, 0.3) is 0 Å². The van der Waals surface area contributed by atoms with Gasteiger partial charge in [0.2, 0.25) is 0 Å². The van der Waals surface area contributed by atoms with E-state index in [1.54, 1.807) is 0 Å². The van der Waals surface area contributed by atoms with Crippen molar-refractivity contribution in [1.29, 1.82) is 5.26 Å². The molecule has 32 heavy (non-hydrogen) atoms. The summed E-state index contributed by atoms with van der Waals surface area (Å²) in [5.74, 6) is 4.37. The summed E-state index contributed by atoms with van der Waals surface area (Å²) in [6, 6.07) is 2.60. The van der Waals surface area contributed by atoms with Crippen molar-refractivity contribution in [3.8, 4) is 6.07 Å². The van der Waals surface area contributed by atoms with Gasteiger partial charge in [-0.1, -0.05) is 64.2 Å². The minimum atomic E-state index is 0.329. The topological polar surface area (TPSA) is 59.9 Å². The lowest BCUT2D eigenvalue weighted by atomic mass is 9.67. The average Bonchev–Trinajstić information content (AvgIpc) is 2.89. The van der Waals surface area contributed by atoms with Gasteiger partial charge in [0.1, 0.15) is 0 Å². The van der Waals surface area contributed by atoms with Crippen LogP contribution in [0.1, 0.15) is 116 Å². The lowest BCUT2D eigenvalue weighted by Crippen LogP contribution is -2.72. The Bertz CT molecular complexity index is 591. The molecule has 0 aromatic carbocycles. The van der Waals surface area contributed by atoms with Gasteiger partial charge in [-0.3, -0.25) is 16.0 Å². The van der Waals surface area contributed by atoms with Gasteiger partial charge >= 0.3 is 0 Å². The quantitative estimate of drug-likeness (QED) is 0.498. The van der Waals surface area contributed by atoms with Crippen molar-refractivity contribution in [2.24, 2.45) is 35.5 Å². The van der Waals surface area contributed by atoms with Crippen LogP contribution < -0.4 is 16.0 Å². The summed E-state index contributed by atoms with van der Waals surface area (Å²) in [7, 11) is 0. The van der Waals surface area contributed by atoms with E-state index >= 15 is 0 Å². The van der Waals surface area contributed by atoms with Crippen LogP contribution in [0.2, 0.25) is 0 Å². The van der Waals surface area contributed by atoms with Crippen molar-refractivity contribution in [2.75, 3.05) is 0 Å². The predicted octanol–water partition coefficient (Wildman–Crippen LogP) is 6.04. The van der Waals surface area contributed by atoms with E-state index in [9.17, 15) is 5.26 Å². The van der Waals surface area contributed by atoms with E-state index in [1.165, 1.54) is 109 Å². The van der Waals surface area contributed by atoms with Crippen LogP contribution in [0.5, 0.6) is 0 Å². The zero-order chi connectivity index (χ0) is 21.8. The molecule has 4 heteroatoms. The molecule has 3 N–H and O–H groups in total. The Labute approximate surface area is 197 Å². The molecule has 0 spiro atoms. The smallest absolute Gasteiger partial charge is 0.0655 e. The third-order valence-corrected chi connectivity index (χ3v) is 10.1. The van der Waals surface area contributed by atoms with Crippen LogP contribution in [0.4, 0.5) is 0 Å². The second-order valence-electron chi connectivity index (χ2n) is 12.2. The highest BCUT2D eigenvalue weighted by atomic mass is 15.4. The second-order valence-corrected chi connectivity index (χ2v) is 12.2. The molecule has 1 aliphatic heterocycles. The Morgan fingerprint density at radius 1 is 0.438 bits per heavy atom. The number of hydrogen-bond donors (Lipinski definition) is 3. The number of rotatable bonds is 4. The molecule has 0 bridgehead atoms. The molecule has 0 radical (unpaired) electrons. The fourth-order valence-corrected chi connectivity index (χ4v) is 8.25. The van der Waals surface area contributed by atoms with Crippen LogP contribution in [0.3, 0.4) is 0 Å². The molecule has 0 amide bonds. The molecule has 4 aliphatic carbocycles. The first kappa shape index (κ1) is 23.1. The summed E-state index contributed by atoms with van der Waals surface area (Å²) in [6.07, 6.45) is 26.2. The molecule has 4 nitrogen and oxygen atoms in total. The zero-order valence-corrected chi connectivity index (χ0v) is 20.4. The standard InChI is InChI=1S/C28H48N4/c29-19-20-9-7-14-23(17-20)24-15-8-16-25(18-24)28-31-26(21-10-3-1-4-11-21)30-27(32-28)22-12-5-2-6-13-22/h20-28,30-32H,1-18H2. The number of nitrogens with one attached hydrogen (secondary N) is 3. The van der Waals surface area contributed by atoms with Gasteiger partial charge in [0.05, 0.1) is 24.6 Å². The maximum absolute atomic E-state index is 9.49. The van der Waals surface area contributed by atoms with E-state index in [0.717, 1.165) is 36.0 Å². The molecular formula is C28H48N4. The van der Waals surface area contributed by atoms with Crippen LogP contribution in [0, 0.1) is 46.8 Å². The fraction of sp³-hybridized carbons (Fsp3) is 0.964. The van der Waals surface area contributed by atoms with Gasteiger partial charge in [-0.05, 0) is 81.0 Å². The van der Waals surface area contributed by atoms with Gasteiger partial charge in [0, 0.05) is 5.92 Å². The van der Waals surface area contributed by atoms with E-state index < -0.39 is 0 Å². The van der Waals surface area contributed by atoms with Crippen molar-refractivity contribution < 1.29 is 0 Å². The monoisotopic (exact) mass is 440 g/mol. The van der Waals surface area contributed by atoms with Crippen LogP contribution in [-0.4, -0.2) is 18.5 Å². The minimum Gasteiger partial charge on any atom is -0.286 e. The predicted molar refractivity (Wildman–Crippen MR) is 130 cm³/mol. The second kappa shape index (κ2) is 11.2. The van der Waals surface area contributed by atoms with Crippen molar-refractivity contribution in [3.63, 3.8) is 0 Å². The molecule has 0 aromatic heterocycles. The molecule has 5 fully saturated rings. The molecule has 6 unspecified atom stereocenters. The molecule has 4 saturated carbocycles. The normalized spacial score (nSPS) is 42.9.